The number of H-pyrrole nitrogens is 1. The minimum absolute atomic E-state index is 0.00239. The molecule has 1 amide bonds. The summed E-state index contributed by atoms with van der Waals surface area (Å²) in [5.74, 6) is 0.0863. The third-order valence-electron chi connectivity index (χ3n) is 4.63. The van der Waals surface area contributed by atoms with Crippen molar-refractivity contribution >= 4 is 17.7 Å². The molecule has 2 N–H and O–H groups in total. The number of thioether (sulfide) groups is 1. The summed E-state index contributed by atoms with van der Waals surface area (Å²) in [5, 5.41) is 3.35. The zero-order chi connectivity index (χ0) is 21.3. The highest BCUT2D eigenvalue weighted by molar-refractivity contribution is 7.98. The lowest BCUT2D eigenvalue weighted by Gasteiger charge is -2.08. The molecular formula is C23H24FN3O2S. The number of aryl methyl sites for hydroxylation is 2. The maximum Gasteiger partial charge on any atom is 0.255 e. The molecule has 0 unspecified atom stereocenters. The predicted octanol–water partition coefficient (Wildman–Crippen LogP) is 3.80. The molecule has 5 nitrogen and oxygen atoms in total. The standard InChI is InChI=1S/C23H24FN3O2S/c1-16-20(14-21(28)25-13-5-8-17-6-3-2-4-7-17)22(29)27-23(26-16)30-15-18-9-11-19(24)12-10-18/h2-4,6-7,9-12H,5,8,13-15H2,1H3,(H,25,28)(H,26,27,29). The van der Waals surface area contributed by atoms with Crippen LogP contribution in [-0.2, 0) is 23.4 Å². The molecular weight excluding hydrogens is 401 g/mol. The number of halogens is 1. The number of nitrogens with one attached hydrogen (secondary N) is 2. The van der Waals surface area contributed by atoms with Crippen LogP contribution < -0.4 is 10.9 Å². The highest BCUT2D eigenvalue weighted by atomic mass is 32.2. The Hall–Kier alpha value is -2.93. The van der Waals surface area contributed by atoms with Crippen molar-refractivity contribution in [3.63, 3.8) is 0 Å². The molecule has 0 saturated heterocycles. The molecule has 156 valence electrons. The van der Waals surface area contributed by atoms with Crippen molar-refractivity contribution in [3.8, 4) is 0 Å². The second-order valence-electron chi connectivity index (χ2n) is 6.97. The first-order valence-electron chi connectivity index (χ1n) is 9.79. The number of aromatic nitrogens is 2. The van der Waals surface area contributed by atoms with Crippen molar-refractivity contribution < 1.29 is 9.18 Å². The van der Waals surface area contributed by atoms with Gasteiger partial charge >= 0.3 is 0 Å². The fourth-order valence-corrected chi connectivity index (χ4v) is 3.84. The molecule has 0 saturated carbocycles. The van der Waals surface area contributed by atoms with Crippen molar-refractivity contribution in [2.75, 3.05) is 6.54 Å². The summed E-state index contributed by atoms with van der Waals surface area (Å²) >= 11 is 1.36. The van der Waals surface area contributed by atoms with E-state index in [0.29, 0.717) is 28.7 Å². The van der Waals surface area contributed by atoms with Crippen LogP contribution >= 0.6 is 11.8 Å². The molecule has 0 radical (unpaired) electrons. The highest BCUT2D eigenvalue weighted by Gasteiger charge is 2.13. The van der Waals surface area contributed by atoms with Crippen LogP contribution in [0.3, 0.4) is 0 Å². The Bertz CT molecular complexity index is 1040. The second kappa shape index (κ2) is 10.7. The Morgan fingerprint density at radius 1 is 1.10 bits per heavy atom. The zero-order valence-electron chi connectivity index (χ0n) is 16.8. The number of benzene rings is 2. The van der Waals surface area contributed by atoms with E-state index in [4.69, 9.17) is 0 Å². The molecule has 0 aliphatic carbocycles. The molecule has 3 rings (SSSR count). The lowest BCUT2D eigenvalue weighted by atomic mass is 10.1. The summed E-state index contributed by atoms with van der Waals surface area (Å²) in [5.41, 5.74) is 2.78. The average molecular weight is 426 g/mol. The molecule has 1 heterocycles. The number of carbonyl (C=O) groups excluding carboxylic acids is 1. The van der Waals surface area contributed by atoms with Crippen molar-refractivity contribution in [1.29, 1.82) is 0 Å². The maximum atomic E-state index is 13.0. The van der Waals surface area contributed by atoms with Crippen molar-refractivity contribution in [1.82, 2.24) is 15.3 Å². The van der Waals surface area contributed by atoms with Gasteiger partial charge in [0, 0.05) is 23.6 Å². The molecule has 2 aromatic carbocycles. The van der Waals surface area contributed by atoms with Gasteiger partial charge in [0.15, 0.2) is 5.16 Å². The van der Waals surface area contributed by atoms with Crippen LogP contribution in [0, 0.1) is 12.7 Å². The van der Waals surface area contributed by atoms with Gasteiger partial charge in [0.2, 0.25) is 5.91 Å². The average Bonchev–Trinajstić information content (AvgIpc) is 2.74. The van der Waals surface area contributed by atoms with Crippen molar-refractivity contribution in [2.24, 2.45) is 0 Å². The van der Waals surface area contributed by atoms with Gasteiger partial charge < -0.3 is 10.3 Å². The van der Waals surface area contributed by atoms with Crippen molar-refractivity contribution in [3.05, 3.63) is 93.2 Å². The number of carbonyl (C=O) groups is 1. The van der Waals surface area contributed by atoms with Crippen LogP contribution in [0.2, 0.25) is 0 Å². The summed E-state index contributed by atoms with van der Waals surface area (Å²) in [7, 11) is 0. The Morgan fingerprint density at radius 2 is 1.83 bits per heavy atom. The van der Waals surface area contributed by atoms with E-state index in [1.807, 2.05) is 18.2 Å². The van der Waals surface area contributed by atoms with E-state index in [9.17, 15) is 14.0 Å². The third kappa shape index (κ3) is 6.56. The molecule has 0 aliphatic rings. The summed E-state index contributed by atoms with van der Waals surface area (Å²) in [4.78, 5) is 31.8. The van der Waals surface area contributed by atoms with Gasteiger partial charge in [-0.25, -0.2) is 9.37 Å². The summed E-state index contributed by atoms with van der Waals surface area (Å²) < 4.78 is 13.0. The van der Waals surface area contributed by atoms with E-state index in [1.165, 1.54) is 29.5 Å². The highest BCUT2D eigenvalue weighted by Crippen LogP contribution is 2.19. The number of hydrogen-bond donors (Lipinski definition) is 2. The quantitative estimate of drug-likeness (QED) is 0.311. The van der Waals surface area contributed by atoms with Crippen molar-refractivity contribution in [2.45, 2.75) is 37.1 Å². The fraction of sp³-hybridized carbons (Fsp3) is 0.261. The van der Waals surface area contributed by atoms with E-state index in [1.54, 1.807) is 19.1 Å². The van der Waals surface area contributed by atoms with E-state index < -0.39 is 0 Å². The Balaban J connectivity index is 1.50. The molecule has 3 aromatic rings. The normalized spacial score (nSPS) is 10.7. The van der Waals surface area contributed by atoms with Gasteiger partial charge in [0.25, 0.3) is 5.56 Å². The SMILES string of the molecule is Cc1nc(SCc2ccc(F)cc2)[nH]c(=O)c1CC(=O)NCCCc1ccccc1. The Morgan fingerprint density at radius 3 is 2.53 bits per heavy atom. The van der Waals surface area contributed by atoms with Crippen LogP contribution in [0.1, 0.15) is 28.8 Å². The summed E-state index contributed by atoms with van der Waals surface area (Å²) in [6.07, 6.45) is 1.73. The zero-order valence-corrected chi connectivity index (χ0v) is 17.6. The molecule has 7 heteroatoms. The number of hydrogen-bond acceptors (Lipinski definition) is 4. The number of rotatable bonds is 9. The summed E-state index contributed by atoms with van der Waals surface area (Å²) in [6.45, 7) is 2.29. The van der Waals surface area contributed by atoms with Gasteiger partial charge in [0.05, 0.1) is 6.42 Å². The predicted molar refractivity (Wildman–Crippen MR) is 117 cm³/mol. The van der Waals surface area contributed by atoms with E-state index >= 15 is 0 Å². The molecule has 0 atom stereocenters. The van der Waals surface area contributed by atoms with Crippen LogP contribution in [0.4, 0.5) is 4.39 Å². The van der Waals surface area contributed by atoms with E-state index in [-0.39, 0.29) is 23.7 Å². The van der Waals surface area contributed by atoms with Gasteiger partial charge in [-0.15, -0.1) is 0 Å². The first-order chi connectivity index (χ1) is 14.5. The largest absolute Gasteiger partial charge is 0.356 e. The second-order valence-corrected chi connectivity index (χ2v) is 7.93. The van der Waals surface area contributed by atoms with Crippen LogP contribution in [0.15, 0.2) is 64.5 Å². The van der Waals surface area contributed by atoms with Gasteiger partial charge in [-0.3, -0.25) is 9.59 Å². The van der Waals surface area contributed by atoms with Crippen LogP contribution in [0.5, 0.6) is 0 Å². The number of nitrogens with zero attached hydrogens (tertiary/aromatic N) is 1. The van der Waals surface area contributed by atoms with Gasteiger partial charge in [-0.1, -0.05) is 54.2 Å². The van der Waals surface area contributed by atoms with Gasteiger partial charge in [-0.2, -0.15) is 0 Å². The van der Waals surface area contributed by atoms with E-state index in [2.05, 4.69) is 27.4 Å². The maximum absolute atomic E-state index is 13.0. The van der Waals surface area contributed by atoms with Crippen LogP contribution in [-0.4, -0.2) is 22.4 Å². The van der Waals surface area contributed by atoms with Crippen LogP contribution in [0.25, 0.3) is 0 Å². The molecule has 0 bridgehead atoms. The van der Waals surface area contributed by atoms with Gasteiger partial charge in [-0.05, 0) is 43.0 Å². The first kappa shape index (κ1) is 21.8. The topological polar surface area (TPSA) is 74.8 Å². The minimum Gasteiger partial charge on any atom is -0.356 e. The lowest BCUT2D eigenvalue weighted by Crippen LogP contribution is -2.30. The fourth-order valence-electron chi connectivity index (χ4n) is 2.98. The number of amides is 1. The Labute approximate surface area is 179 Å². The first-order valence-corrected chi connectivity index (χ1v) is 10.8. The Kier molecular flexibility index (Phi) is 7.79. The lowest BCUT2D eigenvalue weighted by molar-refractivity contribution is -0.120. The monoisotopic (exact) mass is 425 g/mol. The van der Waals surface area contributed by atoms with E-state index in [0.717, 1.165) is 18.4 Å². The summed E-state index contributed by atoms with van der Waals surface area (Å²) in [6, 6.07) is 16.3. The van der Waals surface area contributed by atoms with Gasteiger partial charge in [0.1, 0.15) is 5.82 Å². The molecule has 30 heavy (non-hydrogen) atoms. The number of aromatic amines is 1. The molecule has 0 aliphatic heterocycles. The smallest absolute Gasteiger partial charge is 0.255 e. The third-order valence-corrected chi connectivity index (χ3v) is 5.58. The molecule has 1 aromatic heterocycles. The molecule has 0 fully saturated rings. The molecule has 0 spiro atoms. The minimum atomic E-state index is -0.302.